The van der Waals surface area contributed by atoms with Crippen molar-refractivity contribution in [1.82, 2.24) is 9.73 Å². The van der Waals surface area contributed by atoms with Crippen LogP contribution in [-0.4, -0.2) is 31.4 Å². The zero-order valence-electron chi connectivity index (χ0n) is 18.1. The van der Waals surface area contributed by atoms with Crippen molar-refractivity contribution < 1.29 is 17.6 Å². The molecule has 0 aliphatic rings. The van der Waals surface area contributed by atoms with Crippen molar-refractivity contribution in [2.24, 2.45) is 5.10 Å². The van der Waals surface area contributed by atoms with Crippen molar-refractivity contribution in [2.75, 3.05) is 6.54 Å². The van der Waals surface area contributed by atoms with E-state index in [1.165, 1.54) is 42.6 Å². The molecule has 0 aliphatic heterocycles. The summed E-state index contributed by atoms with van der Waals surface area (Å²) in [6.45, 7) is -0.556. The Morgan fingerprint density at radius 3 is 2.32 bits per heavy atom. The molecule has 0 radical (unpaired) electrons. The van der Waals surface area contributed by atoms with Gasteiger partial charge in [0.15, 0.2) is 0 Å². The van der Waals surface area contributed by atoms with Crippen LogP contribution in [-0.2, 0) is 21.4 Å². The number of carbonyl (C=O) groups is 1. The van der Waals surface area contributed by atoms with Gasteiger partial charge in [0, 0.05) is 12.1 Å². The molecule has 1 N–H and O–H groups in total. The number of rotatable bonds is 8. The third-order valence-corrected chi connectivity index (χ3v) is 7.00. The molecule has 0 unspecified atom stereocenters. The van der Waals surface area contributed by atoms with Gasteiger partial charge in [0.2, 0.25) is 10.0 Å². The number of fused-ring (bicyclic) bond motifs is 1. The summed E-state index contributed by atoms with van der Waals surface area (Å²) in [7, 11) is -3.98. The molecule has 8 heteroatoms. The normalized spacial score (nSPS) is 11.8. The number of hydrogen-bond acceptors (Lipinski definition) is 4. The summed E-state index contributed by atoms with van der Waals surface area (Å²) in [5.41, 5.74) is 3.78. The zero-order valence-corrected chi connectivity index (χ0v) is 19.0. The van der Waals surface area contributed by atoms with Gasteiger partial charge < -0.3 is 0 Å². The predicted molar refractivity (Wildman–Crippen MR) is 130 cm³/mol. The van der Waals surface area contributed by atoms with Gasteiger partial charge in [0.1, 0.15) is 5.82 Å². The van der Waals surface area contributed by atoms with Gasteiger partial charge in [-0.15, -0.1) is 0 Å². The molecule has 0 saturated heterocycles. The van der Waals surface area contributed by atoms with Crippen LogP contribution in [0.1, 0.15) is 11.1 Å². The largest absolute Gasteiger partial charge is 0.272 e. The Bertz CT molecular complexity index is 1420. The van der Waals surface area contributed by atoms with Crippen LogP contribution in [0.2, 0.25) is 0 Å². The van der Waals surface area contributed by atoms with E-state index in [0.29, 0.717) is 5.56 Å². The lowest BCUT2D eigenvalue weighted by Crippen LogP contribution is -2.39. The van der Waals surface area contributed by atoms with E-state index in [1.807, 2.05) is 42.5 Å². The van der Waals surface area contributed by atoms with E-state index >= 15 is 0 Å². The first-order valence-electron chi connectivity index (χ1n) is 10.5. The number of benzene rings is 4. The average Bonchev–Trinajstić information content (AvgIpc) is 2.85. The lowest BCUT2D eigenvalue weighted by Gasteiger charge is -2.21. The van der Waals surface area contributed by atoms with Crippen LogP contribution in [0.25, 0.3) is 10.8 Å². The Balaban J connectivity index is 1.52. The van der Waals surface area contributed by atoms with Crippen LogP contribution in [0.15, 0.2) is 107 Å². The molecule has 0 saturated carbocycles. The molecule has 34 heavy (non-hydrogen) atoms. The summed E-state index contributed by atoms with van der Waals surface area (Å²) in [5.74, 6) is -1.03. The lowest BCUT2D eigenvalue weighted by atomic mass is 10.1. The molecular formula is C26H22FN3O3S. The maximum absolute atomic E-state index is 13.3. The molecule has 0 bridgehead atoms. The molecule has 4 aromatic rings. The molecular weight excluding hydrogens is 453 g/mol. The third-order valence-electron chi connectivity index (χ3n) is 5.19. The van der Waals surface area contributed by atoms with Gasteiger partial charge in [-0.3, -0.25) is 4.79 Å². The van der Waals surface area contributed by atoms with Gasteiger partial charge in [-0.05, 0) is 40.6 Å². The molecule has 4 rings (SSSR count). The van der Waals surface area contributed by atoms with E-state index < -0.39 is 28.3 Å². The van der Waals surface area contributed by atoms with Crippen LogP contribution in [0.4, 0.5) is 4.39 Å². The van der Waals surface area contributed by atoms with Gasteiger partial charge in [-0.1, -0.05) is 72.8 Å². The SMILES string of the molecule is O=C(CN(Cc1ccc(F)cc1)S(=O)(=O)c1ccccc1)N/N=C\c1cccc2ccccc12. The molecule has 0 heterocycles. The number of sulfonamides is 1. The average molecular weight is 476 g/mol. The maximum Gasteiger partial charge on any atom is 0.255 e. The number of nitrogens with one attached hydrogen (secondary N) is 1. The molecule has 172 valence electrons. The molecule has 0 spiro atoms. The fourth-order valence-corrected chi connectivity index (χ4v) is 4.90. The quantitative estimate of drug-likeness (QED) is 0.305. The summed E-state index contributed by atoms with van der Waals surface area (Å²) in [5, 5.41) is 6.04. The van der Waals surface area contributed by atoms with Crippen molar-refractivity contribution >= 4 is 32.9 Å². The van der Waals surface area contributed by atoms with Crippen molar-refractivity contribution in [1.29, 1.82) is 0 Å². The predicted octanol–water partition coefficient (Wildman–Crippen LogP) is 4.32. The highest BCUT2D eigenvalue weighted by molar-refractivity contribution is 7.89. The molecule has 4 aromatic carbocycles. The van der Waals surface area contributed by atoms with Crippen LogP contribution in [0.5, 0.6) is 0 Å². The molecule has 0 fully saturated rings. The number of halogens is 1. The lowest BCUT2D eigenvalue weighted by molar-refractivity contribution is -0.121. The number of hydrazone groups is 1. The second-order valence-corrected chi connectivity index (χ2v) is 9.51. The second kappa shape index (κ2) is 10.4. The molecule has 1 amide bonds. The van der Waals surface area contributed by atoms with Crippen LogP contribution in [0.3, 0.4) is 0 Å². The van der Waals surface area contributed by atoms with Gasteiger partial charge >= 0.3 is 0 Å². The van der Waals surface area contributed by atoms with E-state index in [9.17, 15) is 17.6 Å². The van der Waals surface area contributed by atoms with Gasteiger partial charge in [-0.25, -0.2) is 18.2 Å². The summed E-state index contributed by atoms with van der Waals surface area (Å²) >= 11 is 0. The topological polar surface area (TPSA) is 78.8 Å². The molecule has 0 atom stereocenters. The Kier molecular flexibility index (Phi) is 7.10. The van der Waals surface area contributed by atoms with Crippen molar-refractivity contribution in [3.63, 3.8) is 0 Å². The van der Waals surface area contributed by atoms with E-state index in [4.69, 9.17) is 0 Å². The number of hydrogen-bond donors (Lipinski definition) is 1. The van der Waals surface area contributed by atoms with E-state index in [2.05, 4.69) is 10.5 Å². The first-order valence-corrected chi connectivity index (χ1v) is 12.0. The minimum Gasteiger partial charge on any atom is -0.272 e. The summed E-state index contributed by atoms with van der Waals surface area (Å²) in [6, 6.07) is 26.8. The van der Waals surface area contributed by atoms with E-state index in [1.54, 1.807) is 18.2 Å². The fraction of sp³-hybridized carbons (Fsp3) is 0.0769. The summed E-state index contributed by atoms with van der Waals surface area (Å²) in [4.78, 5) is 12.7. The number of amides is 1. The highest BCUT2D eigenvalue weighted by Gasteiger charge is 2.26. The summed E-state index contributed by atoms with van der Waals surface area (Å²) in [6.07, 6.45) is 1.52. The number of nitrogens with zero attached hydrogens (tertiary/aromatic N) is 2. The van der Waals surface area contributed by atoms with Crippen molar-refractivity contribution in [3.05, 3.63) is 114 Å². The Hall–Kier alpha value is -3.88. The molecule has 0 aromatic heterocycles. The minimum atomic E-state index is -3.98. The number of carbonyl (C=O) groups excluding carboxylic acids is 1. The monoisotopic (exact) mass is 475 g/mol. The van der Waals surface area contributed by atoms with Crippen LogP contribution < -0.4 is 5.43 Å². The zero-order chi connectivity index (χ0) is 24.0. The Morgan fingerprint density at radius 2 is 1.56 bits per heavy atom. The second-order valence-electron chi connectivity index (χ2n) is 7.57. The standard InChI is InChI=1S/C26H22FN3O3S/c27-23-15-13-20(14-16-23)18-30(34(32,33)24-10-2-1-3-11-24)19-26(31)29-28-17-22-9-6-8-21-7-4-5-12-25(21)22/h1-17H,18-19H2,(H,29,31)/b28-17-. The Labute approximate surface area is 197 Å². The first kappa shape index (κ1) is 23.3. The molecule has 0 aliphatic carbocycles. The van der Waals surface area contributed by atoms with Gasteiger partial charge in [0.05, 0.1) is 17.7 Å². The highest BCUT2D eigenvalue weighted by atomic mass is 32.2. The van der Waals surface area contributed by atoms with Gasteiger partial charge in [0.25, 0.3) is 5.91 Å². The first-order chi connectivity index (χ1) is 16.4. The molecule has 6 nitrogen and oxygen atoms in total. The maximum atomic E-state index is 13.3. The fourth-order valence-electron chi connectivity index (χ4n) is 3.49. The Morgan fingerprint density at radius 1 is 0.882 bits per heavy atom. The van der Waals surface area contributed by atoms with E-state index in [0.717, 1.165) is 20.6 Å². The summed E-state index contributed by atoms with van der Waals surface area (Å²) < 4.78 is 40.8. The smallest absolute Gasteiger partial charge is 0.255 e. The minimum absolute atomic E-state index is 0.0594. The van der Waals surface area contributed by atoms with Crippen LogP contribution in [0, 0.1) is 5.82 Å². The van der Waals surface area contributed by atoms with Crippen LogP contribution >= 0.6 is 0 Å². The highest BCUT2D eigenvalue weighted by Crippen LogP contribution is 2.19. The van der Waals surface area contributed by atoms with Gasteiger partial charge in [-0.2, -0.15) is 9.41 Å². The van der Waals surface area contributed by atoms with Crippen molar-refractivity contribution in [3.8, 4) is 0 Å². The van der Waals surface area contributed by atoms with E-state index in [-0.39, 0.29) is 11.4 Å². The third kappa shape index (κ3) is 5.54. The van der Waals surface area contributed by atoms with Crippen molar-refractivity contribution in [2.45, 2.75) is 11.4 Å².